The van der Waals surface area contributed by atoms with Crippen molar-refractivity contribution < 1.29 is 5.11 Å². The van der Waals surface area contributed by atoms with Gasteiger partial charge in [0.1, 0.15) is 0 Å². The average Bonchev–Trinajstić information content (AvgIpc) is 2.09. The Hall–Kier alpha value is -0.720. The predicted molar refractivity (Wildman–Crippen MR) is 63.4 cm³/mol. The van der Waals surface area contributed by atoms with Crippen molar-refractivity contribution in [3.63, 3.8) is 0 Å². The van der Waals surface area contributed by atoms with Gasteiger partial charge in [-0.15, -0.1) is 0 Å². The number of aliphatic hydroxyl groups is 1. The summed E-state index contributed by atoms with van der Waals surface area (Å²) in [6.07, 6.45) is 6.29. The van der Waals surface area contributed by atoms with E-state index in [1.807, 2.05) is 6.08 Å². The molecule has 0 aromatic carbocycles. The molecular formula is C13H24O. The Kier molecular flexibility index (Phi) is 6.35. The maximum atomic E-state index is 9.02. The molecule has 1 unspecified atom stereocenters. The maximum absolute atomic E-state index is 9.02. The van der Waals surface area contributed by atoms with Crippen LogP contribution in [0.4, 0.5) is 0 Å². The minimum absolute atomic E-state index is 0.375. The van der Waals surface area contributed by atoms with E-state index in [-0.39, 0.29) is 0 Å². The molecule has 0 amide bonds. The van der Waals surface area contributed by atoms with Crippen LogP contribution >= 0.6 is 0 Å². The number of allylic oxidation sites excluding steroid dienone is 4. The quantitative estimate of drug-likeness (QED) is 0.508. The van der Waals surface area contributed by atoms with Gasteiger partial charge in [0, 0.05) is 0 Å². The van der Waals surface area contributed by atoms with Crippen molar-refractivity contribution in [3.05, 3.63) is 23.5 Å². The van der Waals surface area contributed by atoms with Gasteiger partial charge in [0.25, 0.3) is 0 Å². The van der Waals surface area contributed by atoms with Crippen LogP contribution in [0.15, 0.2) is 23.5 Å². The first kappa shape index (κ1) is 13.3. The molecule has 0 aliphatic heterocycles. The van der Waals surface area contributed by atoms with E-state index in [2.05, 4.69) is 27.7 Å². The number of rotatable bonds is 5. The highest BCUT2D eigenvalue weighted by molar-refractivity contribution is 5.13. The van der Waals surface area contributed by atoms with Crippen LogP contribution in [0.2, 0.25) is 0 Å². The summed E-state index contributed by atoms with van der Waals surface area (Å²) in [6.45, 7) is 10.6. The average molecular weight is 196 g/mol. The second kappa shape index (κ2) is 6.69. The first-order valence-electron chi connectivity index (χ1n) is 5.47. The largest absolute Gasteiger partial charge is 0.513 e. The zero-order chi connectivity index (χ0) is 11.1. The SMILES string of the molecule is C/C(O)=C\C=C(/C)C(C)CCC(C)C. The molecule has 1 heteroatoms. The summed E-state index contributed by atoms with van der Waals surface area (Å²) in [7, 11) is 0. The molecular weight excluding hydrogens is 172 g/mol. The van der Waals surface area contributed by atoms with E-state index >= 15 is 0 Å². The fourth-order valence-corrected chi connectivity index (χ4v) is 1.23. The van der Waals surface area contributed by atoms with Gasteiger partial charge in [-0.2, -0.15) is 0 Å². The minimum Gasteiger partial charge on any atom is -0.513 e. The first-order valence-corrected chi connectivity index (χ1v) is 5.47. The second-order valence-corrected chi connectivity index (χ2v) is 4.59. The van der Waals surface area contributed by atoms with Gasteiger partial charge in [0.15, 0.2) is 0 Å². The number of aliphatic hydroxyl groups excluding tert-OH is 1. The molecule has 0 rings (SSSR count). The molecule has 1 N–H and O–H groups in total. The molecule has 82 valence electrons. The Labute approximate surface area is 88.5 Å². The lowest BCUT2D eigenvalue weighted by atomic mass is 9.93. The standard InChI is InChI=1S/C13H24O/c1-10(2)6-7-11(3)12(4)8-9-13(5)14/h8-11,14H,6-7H2,1-5H3/b12-8+,13-9+. The lowest BCUT2D eigenvalue weighted by Crippen LogP contribution is -1.99. The lowest BCUT2D eigenvalue weighted by Gasteiger charge is -2.13. The summed E-state index contributed by atoms with van der Waals surface area (Å²) < 4.78 is 0. The van der Waals surface area contributed by atoms with Gasteiger partial charge in [-0.25, -0.2) is 0 Å². The zero-order valence-corrected chi connectivity index (χ0v) is 10.2. The highest BCUT2D eigenvalue weighted by atomic mass is 16.3. The molecule has 0 fully saturated rings. The first-order chi connectivity index (χ1) is 6.43. The van der Waals surface area contributed by atoms with Crippen LogP contribution in [-0.4, -0.2) is 5.11 Å². The highest BCUT2D eigenvalue weighted by Crippen LogP contribution is 2.19. The van der Waals surface area contributed by atoms with Crippen LogP contribution in [0.1, 0.15) is 47.5 Å². The predicted octanol–water partition coefficient (Wildman–Crippen LogP) is 4.47. The van der Waals surface area contributed by atoms with Crippen LogP contribution in [-0.2, 0) is 0 Å². The van der Waals surface area contributed by atoms with Gasteiger partial charge >= 0.3 is 0 Å². The van der Waals surface area contributed by atoms with Crippen LogP contribution in [0.25, 0.3) is 0 Å². The molecule has 0 spiro atoms. The molecule has 0 aromatic heterocycles. The molecule has 1 nitrogen and oxygen atoms in total. The van der Waals surface area contributed by atoms with Crippen LogP contribution in [0, 0.1) is 11.8 Å². The van der Waals surface area contributed by atoms with Crippen molar-refractivity contribution in [1.29, 1.82) is 0 Å². The normalized spacial score (nSPS) is 16.1. The van der Waals surface area contributed by atoms with Crippen molar-refractivity contribution >= 4 is 0 Å². The molecule has 0 aromatic rings. The van der Waals surface area contributed by atoms with Gasteiger partial charge in [-0.3, -0.25) is 0 Å². The van der Waals surface area contributed by atoms with Crippen molar-refractivity contribution in [1.82, 2.24) is 0 Å². The summed E-state index contributed by atoms with van der Waals surface area (Å²) >= 11 is 0. The molecule has 0 aliphatic carbocycles. The zero-order valence-electron chi connectivity index (χ0n) is 10.2. The maximum Gasteiger partial charge on any atom is 0.0891 e. The van der Waals surface area contributed by atoms with Gasteiger partial charge in [0.05, 0.1) is 5.76 Å². The Morgan fingerprint density at radius 1 is 1.07 bits per heavy atom. The van der Waals surface area contributed by atoms with Crippen LogP contribution in [0.3, 0.4) is 0 Å². The second-order valence-electron chi connectivity index (χ2n) is 4.59. The molecule has 0 heterocycles. The highest BCUT2D eigenvalue weighted by Gasteiger charge is 2.04. The fourth-order valence-electron chi connectivity index (χ4n) is 1.23. The summed E-state index contributed by atoms with van der Waals surface area (Å²) in [5, 5.41) is 9.02. The van der Waals surface area contributed by atoms with Gasteiger partial charge < -0.3 is 5.11 Å². The lowest BCUT2D eigenvalue weighted by molar-refractivity contribution is 0.414. The smallest absolute Gasteiger partial charge is 0.0891 e. The van der Waals surface area contributed by atoms with Gasteiger partial charge in [-0.05, 0) is 38.2 Å². The molecule has 0 saturated heterocycles. The van der Waals surface area contributed by atoms with Crippen molar-refractivity contribution in [2.45, 2.75) is 47.5 Å². The van der Waals surface area contributed by atoms with Crippen molar-refractivity contribution in [2.24, 2.45) is 11.8 Å². The van der Waals surface area contributed by atoms with E-state index in [0.717, 1.165) is 5.92 Å². The van der Waals surface area contributed by atoms with Gasteiger partial charge in [-0.1, -0.05) is 38.8 Å². The van der Waals surface area contributed by atoms with Crippen LogP contribution in [0.5, 0.6) is 0 Å². The summed E-state index contributed by atoms with van der Waals surface area (Å²) in [4.78, 5) is 0. The Balaban J connectivity index is 4.04. The van der Waals surface area contributed by atoms with E-state index in [9.17, 15) is 0 Å². The Morgan fingerprint density at radius 2 is 1.64 bits per heavy atom. The Morgan fingerprint density at radius 3 is 2.07 bits per heavy atom. The topological polar surface area (TPSA) is 20.2 Å². The van der Waals surface area contributed by atoms with Crippen molar-refractivity contribution in [2.75, 3.05) is 0 Å². The molecule has 0 bridgehead atoms. The summed E-state index contributed by atoms with van der Waals surface area (Å²) in [6, 6.07) is 0. The third-order valence-electron chi connectivity index (χ3n) is 2.54. The molecule has 0 radical (unpaired) electrons. The number of hydrogen-bond donors (Lipinski definition) is 1. The minimum atomic E-state index is 0.375. The third-order valence-corrected chi connectivity index (χ3v) is 2.54. The molecule has 0 aliphatic rings. The monoisotopic (exact) mass is 196 g/mol. The van der Waals surface area contributed by atoms with E-state index in [1.165, 1.54) is 18.4 Å². The van der Waals surface area contributed by atoms with Gasteiger partial charge in [0.2, 0.25) is 0 Å². The van der Waals surface area contributed by atoms with Crippen LogP contribution < -0.4 is 0 Å². The van der Waals surface area contributed by atoms with E-state index in [0.29, 0.717) is 11.7 Å². The Bertz CT molecular complexity index is 207. The van der Waals surface area contributed by atoms with E-state index in [1.54, 1.807) is 13.0 Å². The molecule has 14 heavy (non-hydrogen) atoms. The third kappa shape index (κ3) is 6.76. The summed E-state index contributed by atoms with van der Waals surface area (Å²) in [5.41, 5.74) is 1.35. The molecule has 0 saturated carbocycles. The number of hydrogen-bond acceptors (Lipinski definition) is 1. The van der Waals surface area contributed by atoms with E-state index in [4.69, 9.17) is 5.11 Å². The summed E-state index contributed by atoms with van der Waals surface area (Å²) in [5.74, 6) is 1.77. The molecule has 1 atom stereocenters. The van der Waals surface area contributed by atoms with E-state index < -0.39 is 0 Å². The fraction of sp³-hybridized carbons (Fsp3) is 0.692. The van der Waals surface area contributed by atoms with Crippen molar-refractivity contribution in [3.8, 4) is 0 Å².